The summed E-state index contributed by atoms with van der Waals surface area (Å²) in [6, 6.07) is 2.73. The third-order valence-corrected chi connectivity index (χ3v) is 1.74. The minimum atomic E-state index is -4.28. The highest BCUT2D eigenvalue weighted by atomic mass is 19.3. The number of carbonyl (C=O) groups is 2. The van der Waals surface area contributed by atoms with Crippen molar-refractivity contribution in [3.05, 3.63) is 24.2 Å². The molecule has 1 heterocycles. The molecule has 3 nitrogen and oxygen atoms in total. The second-order valence-corrected chi connectivity index (χ2v) is 2.81. The van der Waals surface area contributed by atoms with Crippen molar-refractivity contribution >= 4 is 11.6 Å². The fourth-order valence-electron chi connectivity index (χ4n) is 0.922. The fourth-order valence-corrected chi connectivity index (χ4v) is 0.922. The van der Waals surface area contributed by atoms with E-state index in [1.807, 2.05) is 0 Å². The van der Waals surface area contributed by atoms with E-state index < -0.39 is 30.6 Å². The van der Waals surface area contributed by atoms with Crippen molar-refractivity contribution in [1.29, 1.82) is 0 Å². The number of alkyl halides is 3. The molecule has 0 aliphatic heterocycles. The molecule has 0 fully saturated rings. The SMILES string of the molecule is O=C(CF)C(F)(F)C(=O)Cc1ccco1. The largest absolute Gasteiger partial charge is 0.469 e. The van der Waals surface area contributed by atoms with Gasteiger partial charge in [0.15, 0.2) is 6.67 Å². The lowest BCUT2D eigenvalue weighted by Crippen LogP contribution is -2.39. The predicted molar refractivity (Wildman–Crippen MR) is 43.3 cm³/mol. The van der Waals surface area contributed by atoms with E-state index in [0.717, 1.165) is 0 Å². The number of hydrogen-bond donors (Lipinski definition) is 0. The van der Waals surface area contributed by atoms with Crippen LogP contribution in [0.5, 0.6) is 0 Å². The smallest absolute Gasteiger partial charge is 0.365 e. The van der Waals surface area contributed by atoms with Gasteiger partial charge in [-0.15, -0.1) is 0 Å². The summed E-state index contributed by atoms with van der Waals surface area (Å²) in [5, 5.41) is 0. The minimum Gasteiger partial charge on any atom is -0.469 e. The summed E-state index contributed by atoms with van der Waals surface area (Å²) in [4.78, 5) is 21.4. The van der Waals surface area contributed by atoms with Crippen LogP contribution in [-0.2, 0) is 16.0 Å². The average molecular weight is 220 g/mol. The zero-order valence-electron chi connectivity index (χ0n) is 7.50. The number of ketones is 2. The van der Waals surface area contributed by atoms with Crippen LogP contribution in [0.1, 0.15) is 5.76 Å². The van der Waals surface area contributed by atoms with Gasteiger partial charge in [0.25, 0.3) is 0 Å². The normalized spacial score (nSPS) is 11.4. The number of hydrogen-bond acceptors (Lipinski definition) is 3. The molecule has 1 aromatic rings. The van der Waals surface area contributed by atoms with E-state index in [2.05, 4.69) is 4.42 Å². The summed E-state index contributed by atoms with van der Waals surface area (Å²) in [5.74, 6) is -7.97. The number of Topliss-reactive ketones (excluding diaryl/α,β-unsaturated/α-hetero) is 2. The molecule has 0 atom stereocenters. The van der Waals surface area contributed by atoms with Gasteiger partial charge in [-0.1, -0.05) is 0 Å². The van der Waals surface area contributed by atoms with Crippen LogP contribution in [0.2, 0.25) is 0 Å². The van der Waals surface area contributed by atoms with Crippen LogP contribution in [0, 0.1) is 0 Å². The zero-order valence-corrected chi connectivity index (χ0v) is 7.50. The molecule has 0 radical (unpaired) electrons. The molecule has 6 heteroatoms. The van der Waals surface area contributed by atoms with Crippen LogP contribution in [0.15, 0.2) is 22.8 Å². The van der Waals surface area contributed by atoms with Crippen molar-refractivity contribution in [3.8, 4) is 0 Å². The first-order valence-electron chi connectivity index (χ1n) is 4.01. The number of carbonyl (C=O) groups excluding carboxylic acids is 2. The van der Waals surface area contributed by atoms with E-state index in [1.165, 1.54) is 18.4 Å². The minimum absolute atomic E-state index is 0.00586. The van der Waals surface area contributed by atoms with E-state index in [9.17, 15) is 22.8 Å². The van der Waals surface area contributed by atoms with Gasteiger partial charge in [-0.3, -0.25) is 9.59 Å². The first-order valence-corrected chi connectivity index (χ1v) is 4.01. The van der Waals surface area contributed by atoms with E-state index in [4.69, 9.17) is 0 Å². The molecule has 0 bridgehead atoms. The average Bonchev–Trinajstić information content (AvgIpc) is 2.68. The third-order valence-electron chi connectivity index (χ3n) is 1.74. The molecule has 0 unspecified atom stereocenters. The molecule has 0 N–H and O–H groups in total. The molecule has 0 spiro atoms. The van der Waals surface area contributed by atoms with Gasteiger partial charge in [-0.25, -0.2) is 4.39 Å². The van der Waals surface area contributed by atoms with Gasteiger partial charge in [0.2, 0.25) is 11.6 Å². The van der Waals surface area contributed by atoms with E-state index >= 15 is 0 Å². The Kier molecular flexibility index (Phi) is 3.28. The number of rotatable bonds is 5. The van der Waals surface area contributed by atoms with Gasteiger partial charge in [0.1, 0.15) is 5.76 Å². The predicted octanol–water partition coefficient (Wildman–Crippen LogP) is 1.57. The zero-order chi connectivity index (χ0) is 11.5. The molecular formula is C9H7F3O3. The monoisotopic (exact) mass is 220 g/mol. The van der Waals surface area contributed by atoms with Crippen LogP contribution < -0.4 is 0 Å². The van der Waals surface area contributed by atoms with Gasteiger partial charge < -0.3 is 4.42 Å². The van der Waals surface area contributed by atoms with Crippen molar-refractivity contribution in [2.45, 2.75) is 12.3 Å². The van der Waals surface area contributed by atoms with Crippen LogP contribution >= 0.6 is 0 Å². The molecule has 1 rings (SSSR count). The Balaban J connectivity index is 2.72. The second kappa shape index (κ2) is 4.29. The molecule has 0 saturated carbocycles. The Morgan fingerprint density at radius 3 is 2.47 bits per heavy atom. The maximum absolute atomic E-state index is 12.8. The quantitative estimate of drug-likeness (QED) is 0.707. The van der Waals surface area contributed by atoms with E-state index in [0.29, 0.717) is 0 Å². The molecule has 82 valence electrons. The summed E-state index contributed by atoms with van der Waals surface area (Å²) >= 11 is 0. The fraction of sp³-hybridized carbons (Fsp3) is 0.333. The third kappa shape index (κ3) is 2.45. The maximum atomic E-state index is 12.8. The first-order chi connectivity index (χ1) is 6.98. The molecule has 0 saturated heterocycles. The summed E-state index contributed by atoms with van der Waals surface area (Å²) < 4.78 is 42.0. The standard InChI is InChI=1S/C9H7F3O3/c10-5-8(14)9(11,12)7(13)4-6-2-1-3-15-6/h1-3H,4-5H2. The molecule has 0 aliphatic rings. The molecule has 0 aliphatic carbocycles. The number of halogens is 3. The molecular weight excluding hydrogens is 213 g/mol. The topological polar surface area (TPSA) is 47.3 Å². The Hall–Kier alpha value is -1.59. The lowest BCUT2D eigenvalue weighted by atomic mass is 10.1. The molecule has 0 amide bonds. The van der Waals surface area contributed by atoms with Crippen molar-refractivity contribution in [1.82, 2.24) is 0 Å². The van der Waals surface area contributed by atoms with Gasteiger partial charge in [0, 0.05) is 0 Å². The van der Waals surface area contributed by atoms with Crippen molar-refractivity contribution < 1.29 is 27.2 Å². The van der Waals surface area contributed by atoms with Crippen LogP contribution in [-0.4, -0.2) is 24.2 Å². The maximum Gasteiger partial charge on any atom is 0.365 e. The van der Waals surface area contributed by atoms with Crippen LogP contribution in [0.25, 0.3) is 0 Å². The second-order valence-electron chi connectivity index (χ2n) is 2.81. The van der Waals surface area contributed by atoms with Crippen molar-refractivity contribution in [3.63, 3.8) is 0 Å². The molecule has 1 aromatic heterocycles. The Labute approximate surface area is 82.9 Å². The summed E-state index contributed by atoms with van der Waals surface area (Å²) in [6.07, 6.45) is 0.476. The first kappa shape index (κ1) is 11.5. The van der Waals surface area contributed by atoms with E-state index in [-0.39, 0.29) is 5.76 Å². The lowest BCUT2D eigenvalue weighted by Gasteiger charge is -2.10. The Morgan fingerprint density at radius 1 is 1.33 bits per heavy atom. The Morgan fingerprint density at radius 2 is 2.00 bits per heavy atom. The van der Waals surface area contributed by atoms with Gasteiger partial charge in [-0.05, 0) is 12.1 Å². The van der Waals surface area contributed by atoms with Gasteiger partial charge >= 0.3 is 5.92 Å². The Bertz CT molecular complexity index is 357. The lowest BCUT2D eigenvalue weighted by molar-refractivity contribution is -0.157. The van der Waals surface area contributed by atoms with Crippen LogP contribution in [0.3, 0.4) is 0 Å². The highest BCUT2D eigenvalue weighted by molar-refractivity contribution is 6.09. The van der Waals surface area contributed by atoms with Crippen molar-refractivity contribution in [2.24, 2.45) is 0 Å². The highest BCUT2D eigenvalue weighted by Crippen LogP contribution is 2.19. The van der Waals surface area contributed by atoms with E-state index in [1.54, 1.807) is 0 Å². The van der Waals surface area contributed by atoms with Crippen LogP contribution in [0.4, 0.5) is 13.2 Å². The van der Waals surface area contributed by atoms with Gasteiger partial charge in [0.05, 0.1) is 12.7 Å². The van der Waals surface area contributed by atoms with Gasteiger partial charge in [-0.2, -0.15) is 8.78 Å². The molecule has 0 aromatic carbocycles. The molecule has 15 heavy (non-hydrogen) atoms. The van der Waals surface area contributed by atoms with Crippen molar-refractivity contribution in [2.75, 3.05) is 6.67 Å². The summed E-state index contributed by atoms with van der Waals surface area (Å²) in [5.41, 5.74) is 0. The summed E-state index contributed by atoms with van der Waals surface area (Å²) in [6.45, 7) is -1.86. The number of furan rings is 1. The summed E-state index contributed by atoms with van der Waals surface area (Å²) in [7, 11) is 0. The highest BCUT2D eigenvalue weighted by Gasteiger charge is 2.46.